The minimum atomic E-state index is -1.32. The van der Waals surface area contributed by atoms with Gasteiger partial charge < -0.3 is 5.73 Å². The first kappa shape index (κ1) is 65.2. The maximum absolute atomic E-state index is 12.4. The van der Waals surface area contributed by atoms with E-state index in [9.17, 15) is 27.7 Å². The monoisotopic (exact) mass is 1050 g/mol. The average molecular weight is 1060 g/mol. The number of nitro benzene ring substituents is 1. The fourth-order valence-corrected chi connectivity index (χ4v) is 3.34. The van der Waals surface area contributed by atoms with Crippen LogP contribution in [0.2, 0.25) is 10.0 Å². The van der Waals surface area contributed by atoms with Gasteiger partial charge in [-0.05, 0) is 107 Å². The zero-order valence-corrected chi connectivity index (χ0v) is 41.1. The fraction of sp³-hybridized carbons (Fsp3) is 0. The zero-order valence-electron chi connectivity index (χ0n) is 39.6. The summed E-state index contributed by atoms with van der Waals surface area (Å²) in [6.45, 7) is 0. The van der Waals surface area contributed by atoms with E-state index in [0.717, 1.165) is 18.2 Å². The van der Waals surface area contributed by atoms with Crippen LogP contribution in [0.25, 0.3) is 0 Å². The predicted octanol–water partition coefficient (Wildman–Crippen LogP) is 5.07. The van der Waals surface area contributed by atoms with Gasteiger partial charge in [0.25, 0.3) is 5.69 Å². The molecule has 0 unspecified atom stereocenters. The van der Waals surface area contributed by atoms with Gasteiger partial charge in [0.1, 0.15) is 0 Å². The Bertz CT molecular complexity index is 4570. The van der Waals surface area contributed by atoms with Gasteiger partial charge in [-0.2, -0.15) is 0 Å². The number of non-ortho nitro benzene ring substituents is 1. The summed E-state index contributed by atoms with van der Waals surface area (Å²) in [6.07, 6.45) is 9.88. The molecule has 0 aliphatic heterocycles. The van der Waals surface area contributed by atoms with Crippen LogP contribution in [0.1, 0.15) is 0 Å². The van der Waals surface area contributed by atoms with Crippen molar-refractivity contribution in [2.75, 3.05) is 5.73 Å². The number of nitrogens with zero attached hydrogens (tertiary/aromatic N) is 1. The summed E-state index contributed by atoms with van der Waals surface area (Å²) in [5.74, 6) is 133. The SMILES string of the molecule is C#CC#CC#CC#CC#CC#CC#CC#CC#CC#CC#CC#CC#CC#CC#CC#CC#CC#CC#CC#CC#CC#CC#CC#CC#CC#CC#CC#CC#C.Nc1cc(F)c(F)c(Cl)c1.O=[N+]([O-])c1cc(F)c(F)c(Cl)c1. The molecule has 80 heavy (non-hydrogen) atoms. The van der Waals surface area contributed by atoms with E-state index in [-0.39, 0.29) is 10.7 Å². The van der Waals surface area contributed by atoms with E-state index in [1.165, 1.54) is 0 Å². The number of benzene rings is 2. The molecule has 0 bridgehead atoms. The number of terminal acetylenes is 2. The van der Waals surface area contributed by atoms with Gasteiger partial charge in [-0.1, -0.05) is 23.2 Å². The molecule has 0 spiro atoms. The van der Waals surface area contributed by atoms with E-state index in [4.69, 9.17) is 41.8 Å². The molecule has 0 fully saturated rings. The number of hydrogen-bond acceptors (Lipinski definition) is 3. The molecule has 0 saturated carbocycles. The van der Waals surface area contributed by atoms with Gasteiger partial charge >= 0.3 is 0 Å². The number of nitrogens with two attached hydrogens (primary N) is 1. The largest absolute Gasteiger partial charge is 0.399 e. The van der Waals surface area contributed by atoms with Crippen molar-refractivity contribution in [3.05, 3.63) is 67.7 Å². The highest BCUT2D eigenvalue weighted by atomic mass is 35.5. The summed E-state index contributed by atoms with van der Waals surface area (Å²) in [5, 5.41) is 9.18. The lowest BCUT2D eigenvalue weighted by molar-refractivity contribution is -0.385. The minimum absolute atomic E-state index is 0.115. The van der Waals surface area contributed by atoms with Crippen LogP contribution in [-0.2, 0) is 0 Å². The second-order valence-electron chi connectivity index (χ2n) is 10.8. The summed E-state index contributed by atoms with van der Waals surface area (Å²) < 4.78 is 49.5. The number of nitrogen functional groups attached to an aromatic ring is 1. The Morgan fingerprint density at radius 1 is 0.312 bits per heavy atom. The molecule has 2 N–H and O–H groups in total. The smallest absolute Gasteiger partial charge is 0.274 e. The van der Waals surface area contributed by atoms with Crippen molar-refractivity contribution in [2.24, 2.45) is 0 Å². The lowest BCUT2D eigenvalue weighted by atomic mass is 10.3. The molecule has 352 valence electrons. The summed E-state index contributed by atoms with van der Waals surface area (Å²) in [7, 11) is 0. The number of halogens is 6. The highest BCUT2D eigenvalue weighted by Crippen LogP contribution is 2.24. The molecule has 0 amide bonds. The maximum Gasteiger partial charge on any atom is 0.274 e. The second-order valence-corrected chi connectivity index (χ2v) is 11.6. The molecule has 0 radical (unpaired) electrons. The molecule has 10 heteroatoms. The number of hydrogen-bond donors (Lipinski definition) is 1. The summed E-state index contributed by atoms with van der Waals surface area (Å²) in [4.78, 5) is 9.22. The normalized spacial score (nSPS) is 5.55. The van der Waals surface area contributed by atoms with Gasteiger partial charge in [0.15, 0.2) is 23.3 Å². The third-order valence-electron chi connectivity index (χ3n) is 5.64. The standard InChI is InChI=1S/C58H2.C6H2ClF2NO2.C6H4ClF2N/c1-3-5-7-9-11-13-15-17-19-21-23-25-27-29-31-33-35-37-39-41-43-45-47-49-51-53-55-57-58-56-54-52-50-48-46-44-42-40-38-36-34-32-30-28-26-24-22-20-18-16-14-12-10-8-6-4-2;7-4-1-3(10(11)12)2-5(8)6(4)9;7-4-1-3(10)2-5(8)6(4)9/h1-2H;1-2H;1-2H,10H2. The summed E-state index contributed by atoms with van der Waals surface area (Å²) in [5.41, 5.74) is 4.68. The van der Waals surface area contributed by atoms with Crippen molar-refractivity contribution < 1.29 is 22.5 Å². The van der Waals surface area contributed by atoms with Crippen molar-refractivity contribution in [1.82, 2.24) is 0 Å². The van der Waals surface area contributed by atoms with E-state index in [1.54, 1.807) is 0 Å². The molecule has 0 aliphatic rings. The van der Waals surface area contributed by atoms with Crippen LogP contribution in [0.3, 0.4) is 0 Å². The molecule has 0 saturated heterocycles. The van der Waals surface area contributed by atoms with Crippen LogP contribution in [0.15, 0.2) is 24.3 Å². The molecule has 0 aromatic heterocycles. The van der Waals surface area contributed by atoms with Crippen LogP contribution >= 0.6 is 23.2 Å². The quantitative estimate of drug-likeness (QED) is 0.109. The molecule has 0 aliphatic carbocycles. The Morgan fingerprint density at radius 2 is 0.475 bits per heavy atom. The number of rotatable bonds is 1. The topological polar surface area (TPSA) is 69.2 Å². The van der Waals surface area contributed by atoms with Crippen LogP contribution in [0.5, 0.6) is 0 Å². The molecule has 2 aromatic rings. The molecular formula is C70H8Cl2F4N2O2. The molecule has 2 aromatic carbocycles. The Morgan fingerprint density at radius 3 is 0.625 bits per heavy atom. The first-order chi connectivity index (χ1) is 39.0. The van der Waals surface area contributed by atoms with E-state index in [2.05, 4.69) is 332 Å². The van der Waals surface area contributed by atoms with E-state index in [1.807, 2.05) is 0 Å². The lowest BCUT2D eigenvalue weighted by Crippen LogP contribution is -1.92. The third-order valence-corrected chi connectivity index (χ3v) is 6.19. The Balaban J connectivity index is 0.00000230. The molecule has 0 heterocycles. The van der Waals surface area contributed by atoms with Gasteiger partial charge in [-0.3, -0.25) is 10.1 Å². The van der Waals surface area contributed by atoms with Gasteiger partial charge in [0, 0.05) is 249 Å². The highest BCUT2D eigenvalue weighted by Gasteiger charge is 2.15. The highest BCUT2D eigenvalue weighted by molar-refractivity contribution is 6.31. The fourth-order valence-electron chi connectivity index (χ4n) is 2.92. The Hall–Kier alpha value is -14.8. The summed E-state index contributed by atoms with van der Waals surface area (Å²) >= 11 is 10.4. The van der Waals surface area contributed by atoms with Crippen LogP contribution in [0.4, 0.5) is 28.9 Å². The zero-order chi connectivity index (χ0) is 58.6. The Kier molecular flexibility index (Phi) is 40.1. The van der Waals surface area contributed by atoms with Crippen LogP contribution < -0.4 is 5.73 Å². The van der Waals surface area contributed by atoms with E-state index >= 15 is 0 Å². The minimum Gasteiger partial charge on any atom is -0.399 e. The first-order valence-electron chi connectivity index (χ1n) is 19.6. The van der Waals surface area contributed by atoms with Crippen LogP contribution in [0, 0.1) is 378 Å². The van der Waals surface area contributed by atoms with Crippen molar-refractivity contribution in [1.29, 1.82) is 0 Å². The van der Waals surface area contributed by atoms with Gasteiger partial charge in [0.05, 0.1) is 21.0 Å². The predicted molar refractivity (Wildman–Crippen MR) is 301 cm³/mol. The molecule has 0 atom stereocenters. The third kappa shape index (κ3) is 42.1. The first-order valence-corrected chi connectivity index (χ1v) is 20.4. The van der Waals surface area contributed by atoms with E-state index < -0.39 is 38.9 Å². The lowest BCUT2D eigenvalue weighted by Gasteiger charge is -1.96. The van der Waals surface area contributed by atoms with Crippen molar-refractivity contribution in [3.63, 3.8) is 0 Å². The van der Waals surface area contributed by atoms with E-state index in [0.29, 0.717) is 6.07 Å². The van der Waals surface area contributed by atoms with Crippen LogP contribution in [-0.4, -0.2) is 4.92 Å². The van der Waals surface area contributed by atoms with Gasteiger partial charge in [-0.15, -0.1) is 12.8 Å². The van der Waals surface area contributed by atoms with Gasteiger partial charge in [0.2, 0.25) is 0 Å². The molecule has 2 rings (SSSR count). The molecule has 4 nitrogen and oxygen atoms in total. The summed E-state index contributed by atoms with van der Waals surface area (Å²) in [6, 6.07) is 3.25. The Labute approximate surface area is 472 Å². The van der Waals surface area contributed by atoms with Gasteiger partial charge in [-0.25, -0.2) is 17.6 Å². The number of nitro groups is 1. The van der Waals surface area contributed by atoms with Crippen molar-refractivity contribution >= 4 is 34.6 Å². The number of anilines is 1. The second kappa shape index (κ2) is 49.2. The average Bonchev–Trinajstić information content (AvgIpc) is 3.46. The maximum atomic E-state index is 12.4. The molecular weight excluding hydrogens is 1050 g/mol. The van der Waals surface area contributed by atoms with Crippen molar-refractivity contribution in [2.45, 2.75) is 0 Å². The van der Waals surface area contributed by atoms with Crippen molar-refractivity contribution in [3.8, 4) is 344 Å².